The number of fused-ring (bicyclic) bond motifs is 1. The number of hydrogen-bond donors (Lipinski definition) is 0. The third kappa shape index (κ3) is 2.68. The van der Waals surface area contributed by atoms with Crippen LogP contribution in [0.15, 0.2) is 27.3 Å². The standard InChI is InChI=1S/C16H21N3O3/c1-11-17-16(22-18-11)13-5-8-21-15-4-6-19(10-14(13)15)9-12-3-2-7-20-12/h2-3,7,13-15H,4-6,8-10H2,1H3/t13-,14-,15-/m1/s1. The molecule has 4 rings (SSSR count). The van der Waals surface area contributed by atoms with Crippen molar-refractivity contribution < 1.29 is 13.7 Å². The number of nitrogens with zero attached hydrogens (tertiary/aromatic N) is 3. The van der Waals surface area contributed by atoms with E-state index in [2.05, 4.69) is 15.0 Å². The maximum atomic E-state index is 5.98. The van der Waals surface area contributed by atoms with Crippen LogP contribution in [-0.4, -0.2) is 40.8 Å². The lowest BCUT2D eigenvalue weighted by Crippen LogP contribution is -2.48. The van der Waals surface area contributed by atoms with E-state index in [0.29, 0.717) is 23.8 Å². The maximum absolute atomic E-state index is 5.98. The summed E-state index contributed by atoms with van der Waals surface area (Å²) in [5.74, 6) is 3.22. The lowest BCUT2D eigenvalue weighted by atomic mass is 9.79. The first kappa shape index (κ1) is 14.0. The summed E-state index contributed by atoms with van der Waals surface area (Å²) in [6.07, 6.45) is 4.04. The van der Waals surface area contributed by atoms with Gasteiger partial charge in [0.2, 0.25) is 5.89 Å². The summed E-state index contributed by atoms with van der Waals surface area (Å²) in [6, 6.07) is 3.97. The van der Waals surface area contributed by atoms with Crippen molar-refractivity contribution in [3.63, 3.8) is 0 Å². The van der Waals surface area contributed by atoms with E-state index in [1.165, 1.54) is 0 Å². The highest BCUT2D eigenvalue weighted by atomic mass is 16.5. The SMILES string of the molecule is Cc1noc([C@@H]2CCO[C@@H]3CCN(Cc4ccco4)C[C@@H]32)n1. The zero-order valence-corrected chi connectivity index (χ0v) is 12.8. The van der Waals surface area contributed by atoms with E-state index in [1.54, 1.807) is 6.26 Å². The molecule has 0 unspecified atom stereocenters. The summed E-state index contributed by atoms with van der Waals surface area (Å²) in [4.78, 5) is 6.89. The first-order chi connectivity index (χ1) is 10.8. The number of hydrogen-bond acceptors (Lipinski definition) is 6. The largest absolute Gasteiger partial charge is 0.468 e. The lowest BCUT2D eigenvalue weighted by molar-refractivity contribution is -0.0832. The number of piperidine rings is 1. The van der Waals surface area contributed by atoms with Gasteiger partial charge in [-0.1, -0.05) is 5.16 Å². The minimum atomic E-state index is 0.304. The zero-order chi connectivity index (χ0) is 14.9. The first-order valence-corrected chi connectivity index (χ1v) is 7.96. The topological polar surface area (TPSA) is 64.5 Å². The van der Waals surface area contributed by atoms with E-state index >= 15 is 0 Å². The third-order valence-corrected chi connectivity index (χ3v) is 4.77. The molecule has 6 nitrogen and oxygen atoms in total. The van der Waals surface area contributed by atoms with Crippen LogP contribution < -0.4 is 0 Å². The Morgan fingerprint density at radius 3 is 3.09 bits per heavy atom. The predicted molar refractivity (Wildman–Crippen MR) is 78.2 cm³/mol. The number of furan rings is 1. The van der Waals surface area contributed by atoms with Crippen molar-refractivity contribution in [1.82, 2.24) is 15.0 Å². The van der Waals surface area contributed by atoms with E-state index in [4.69, 9.17) is 13.7 Å². The van der Waals surface area contributed by atoms with Gasteiger partial charge in [0.1, 0.15) is 5.76 Å². The fourth-order valence-corrected chi connectivity index (χ4v) is 3.72. The summed E-state index contributed by atoms with van der Waals surface area (Å²) >= 11 is 0. The molecule has 0 bridgehead atoms. The molecule has 0 aromatic carbocycles. The monoisotopic (exact) mass is 303 g/mol. The number of aromatic nitrogens is 2. The van der Waals surface area contributed by atoms with Crippen molar-refractivity contribution >= 4 is 0 Å². The van der Waals surface area contributed by atoms with E-state index in [-0.39, 0.29) is 0 Å². The molecular formula is C16H21N3O3. The van der Waals surface area contributed by atoms with Gasteiger partial charge < -0.3 is 13.7 Å². The molecule has 0 radical (unpaired) electrons. The van der Waals surface area contributed by atoms with Crippen LogP contribution in [0.2, 0.25) is 0 Å². The molecule has 2 saturated heterocycles. The van der Waals surface area contributed by atoms with Gasteiger partial charge in [-0.25, -0.2) is 0 Å². The van der Waals surface area contributed by atoms with Gasteiger partial charge in [-0.2, -0.15) is 4.98 Å². The number of ether oxygens (including phenoxy) is 1. The van der Waals surface area contributed by atoms with Gasteiger partial charge in [-0.3, -0.25) is 4.90 Å². The van der Waals surface area contributed by atoms with Gasteiger partial charge in [0.15, 0.2) is 5.82 Å². The van der Waals surface area contributed by atoms with Gasteiger partial charge in [0.05, 0.1) is 18.9 Å². The van der Waals surface area contributed by atoms with Crippen molar-refractivity contribution in [2.24, 2.45) is 5.92 Å². The van der Waals surface area contributed by atoms with Gasteiger partial charge in [-0.05, 0) is 31.9 Å². The van der Waals surface area contributed by atoms with Crippen LogP contribution in [0.5, 0.6) is 0 Å². The van der Waals surface area contributed by atoms with Crippen molar-refractivity contribution in [3.05, 3.63) is 35.9 Å². The molecule has 0 N–H and O–H groups in total. The second kappa shape index (κ2) is 5.85. The Morgan fingerprint density at radius 2 is 2.32 bits per heavy atom. The number of aryl methyl sites for hydroxylation is 1. The smallest absolute Gasteiger partial charge is 0.230 e. The van der Waals surface area contributed by atoms with Gasteiger partial charge in [0, 0.05) is 31.5 Å². The molecule has 2 aliphatic heterocycles. The molecule has 118 valence electrons. The molecule has 4 heterocycles. The Labute approximate surface area is 129 Å². The van der Waals surface area contributed by atoms with Crippen molar-refractivity contribution in [3.8, 4) is 0 Å². The van der Waals surface area contributed by atoms with Gasteiger partial charge in [0.25, 0.3) is 0 Å². The van der Waals surface area contributed by atoms with E-state index in [0.717, 1.165) is 50.7 Å². The van der Waals surface area contributed by atoms with Crippen LogP contribution in [0.3, 0.4) is 0 Å². The summed E-state index contributed by atoms with van der Waals surface area (Å²) in [7, 11) is 0. The first-order valence-electron chi connectivity index (χ1n) is 7.96. The molecule has 2 fully saturated rings. The molecule has 6 heteroatoms. The molecular weight excluding hydrogens is 282 g/mol. The minimum absolute atomic E-state index is 0.304. The van der Waals surface area contributed by atoms with E-state index in [1.807, 2.05) is 19.1 Å². The van der Waals surface area contributed by atoms with Crippen LogP contribution in [0, 0.1) is 12.8 Å². The Balaban J connectivity index is 1.50. The van der Waals surface area contributed by atoms with E-state index in [9.17, 15) is 0 Å². The zero-order valence-electron chi connectivity index (χ0n) is 12.8. The average Bonchev–Trinajstić information content (AvgIpc) is 3.18. The van der Waals surface area contributed by atoms with Crippen LogP contribution in [0.4, 0.5) is 0 Å². The Morgan fingerprint density at radius 1 is 1.36 bits per heavy atom. The summed E-state index contributed by atoms with van der Waals surface area (Å²) in [6.45, 7) is 5.53. The molecule has 2 aliphatic rings. The van der Waals surface area contributed by atoms with Crippen LogP contribution in [0.1, 0.15) is 36.2 Å². The molecule has 2 aromatic rings. The molecule has 0 amide bonds. The second-order valence-electron chi connectivity index (χ2n) is 6.25. The van der Waals surface area contributed by atoms with Crippen LogP contribution in [-0.2, 0) is 11.3 Å². The fraction of sp³-hybridized carbons (Fsp3) is 0.625. The predicted octanol–water partition coefficient (Wildman–Crippen LogP) is 2.37. The summed E-state index contributed by atoms with van der Waals surface area (Å²) in [5.41, 5.74) is 0. The van der Waals surface area contributed by atoms with Crippen LogP contribution in [0.25, 0.3) is 0 Å². The van der Waals surface area contributed by atoms with E-state index < -0.39 is 0 Å². The fourth-order valence-electron chi connectivity index (χ4n) is 3.72. The van der Waals surface area contributed by atoms with Gasteiger partial charge >= 0.3 is 0 Å². The minimum Gasteiger partial charge on any atom is -0.468 e. The molecule has 3 atom stereocenters. The Hall–Kier alpha value is -1.66. The molecule has 0 saturated carbocycles. The average molecular weight is 303 g/mol. The summed E-state index contributed by atoms with van der Waals surface area (Å²) in [5, 5.41) is 3.95. The van der Waals surface area contributed by atoms with Crippen LogP contribution >= 0.6 is 0 Å². The third-order valence-electron chi connectivity index (χ3n) is 4.77. The molecule has 0 spiro atoms. The van der Waals surface area contributed by atoms with Crippen molar-refractivity contribution in [1.29, 1.82) is 0 Å². The number of rotatable bonds is 3. The molecule has 22 heavy (non-hydrogen) atoms. The highest BCUT2D eigenvalue weighted by Crippen LogP contribution is 2.39. The Kier molecular flexibility index (Phi) is 3.72. The van der Waals surface area contributed by atoms with Crippen molar-refractivity contribution in [2.75, 3.05) is 19.7 Å². The quantitative estimate of drug-likeness (QED) is 0.867. The molecule has 2 aromatic heterocycles. The highest BCUT2D eigenvalue weighted by molar-refractivity contribution is 5.04. The second-order valence-corrected chi connectivity index (χ2v) is 6.25. The summed E-state index contributed by atoms with van der Waals surface area (Å²) < 4.78 is 16.9. The highest BCUT2D eigenvalue weighted by Gasteiger charge is 2.41. The van der Waals surface area contributed by atoms with Crippen molar-refractivity contribution in [2.45, 2.75) is 38.3 Å². The maximum Gasteiger partial charge on any atom is 0.230 e. The van der Waals surface area contributed by atoms with Gasteiger partial charge in [-0.15, -0.1) is 0 Å². The molecule has 0 aliphatic carbocycles. The normalized spacial score (nSPS) is 29.4. The Bertz CT molecular complexity index is 610. The lowest BCUT2D eigenvalue weighted by Gasteiger charge is -2.43. The number of likely N-dealkylation sites (tertiary alicyclic amines) is 1.